The van der Waals surface area contributed by atoms with Crippen molar-refractivity contribution in [1.29, 1.82) is 0 Å². The molecule has 1 heterocycles. The molecule has 2 saturated carbocycles. The second-order valence-electron chi connectivity index (χ2n) is 9.29. The molecule has 0 radical (unpaired) electrons. The summed E-state index contributed by atoms with van der Waals surface area (Å²) in [6.45, 7) is 5.33. The number of rotatable bonds is 6. The highest BCUT2D eigenvalue weighted by atomic mass is 16.6. The van der Waals surface area contributed by atoms with E-state index in [1.54, 1.807) is 0 Å². The molecule has 3 fully saturated rings. The van der Waals surface area contributed by atoms with Crippen molar-refractivity contribution in [3.05, 3.63) is 0 Å². The van der Waals surface area contributed by atoms with Crippen LogP contribution in [-0.4, -0.2) is 69.9 Å². The van der Waals surface area contributed by atoms with Gasteiger partial charge in [-0.05, 0) is 38.5 Å². The third kappa shape index (κ3) is 2.81. The minimum absolute atomic E-state index is 0.0509. The third-order valence-corrected chi connectivity index (χ3v) is 7.92. The number of fused-ring (bicyclic) bond motifs is 1. The Morgan fingerprint density at radius 2 is 1.87 bits per heavy atom. The average molecular weight is 428 g/mol. The molecule has 1 aliphatic heterocycles. The first-order chi connectivity index (χ1) is 13.9. The van der Waals surface area contributed by atoms with Crippen molar-refractivity contribution in [3.63, 3.8) is 0 Å². The van der Waals surface area contributed by atoms with Crippen molar-refractivity contribution in [2.75, 3.05) is 13.2 Å². The number of hydrogen-bond donors (Lipinski definition) is 3. The molecule has 170 valence electrons. The van der Waals surface area contributed by atoms with Crippen LogP contribution in [0.2, 0.25) is 0 Å². The van der Waals surface area contributed by atoms with E-state index in [-0.39, 0.29) is 25.2 Å². The van der Waals surface area contributed by atoms with E-state index < -0.39 is 65.4 Å². The fourth-order valence-electron chi connectivity index (χ4n) is 6.07. The molecule has 2 aliphatic carbocycles. The molecule has 0 aromatic rings. The van der Waals surface area contributed by atoms with Crippen LogP contribution < -0.4 is 0 Å². The van der Waals surface area contributed by atoms with E-state index in [0.29, 0.717) is 12.8 Å². The van der Waals surface area contributed by atoms with Gasteiger partial charge in [-0.25, -0.2) is 4.79 Å². The molecule has 2 bridgehead atoms. The molecule has 0 unspecified atom stereocenters. The van der Waals surface area contributed by atoms with Crippen molar-refractivity contribution in [3.8, 4) is 0 Å². The van der Waals surface area contributed by atoms with E-state index in [4.69, 9.17) is 14.2 Å². The molecule has 1 saturated heterocycles. The standard InChI is InChI=1S/C21H32O9/c1-5-6-15(23)29-11-19(10-28-13(3)22)18(4,26)14-9-20(16(24)17(25)30-14)12(2)7-8-21(19,20)27/h12,14,16,24,26-27H,5-11H2,1-4H3/t12-,14-,16+,18+,19-,20+,21+/m1/s1. The first-order valence-electron chi connectivity index (χ1n) is 10.5. The van der Waals surface area contributed by atoms with E-state index in [1.165, 1.54) is 13.8 Å². The number of carbonyl (C=O) groups is 3. The van der Waals surface area contributed by atoms with Crippen LogP contribution in [0.3, 0.4) is 0 Å². The van der Waals surface area contributed by atoms with E-state index in [9.17, 15) is 29.7 Å². The zero-order chi connectivity index (χ0) is 22.5. The number of esters is 3. The van der Waals surface area contributed by atoms with Crippen molar-refractivity contribution >= 4 is 17.9 Å². The Labute approximate surface area is 175 Å². The molecule has 0 amide bonds. The summed E-state index contributed by atoms with van der Waals surface area (Å²) in [6, 6.07) is 0. The number of carbonyl (C=O) groups excluding carboxylic acids is 3. The predicted octanol–water partition coefficient (Wildman–Crippen LogP) is 0.468. The van der Waals surface area contributed by atoms with Gasteiger partial charge in [-0.15, -0.1) is 0 Å². The maximum Gasteiger partial charge on any atom is 0.336 e. The van der Waals surface area contributed by atoms with Crippen LogP contribution in [0, 0.1) is 16.7 Å². The lowest BCUT2D eigenvalue weighted by Gasteiger charge is -2.67. The van der Waals surface area contributed by atoms with E-state index in [0.717, 1.165) is 0 Å². The summed E-state index contributed by atoms with van der Waals surface area (Å²) in [5.41, 5.74) is -6.77. The molecule has 0 aromatic heterocycles. The van der Waals surface area contributed by atoms with Crippen molar-refractivity contribution in [2.45, 2.75) is 83.2 Å². The van der Waals surface area contributed by atoms with Gasteiger partial charge in [0.2, 0.25) is 0 Å². The Balaban J connectivity index is 2.18. The Bertz CT molecular complexity index is 734. The second kappa shape index (κ2) is 7.46. The Morgan fingerprint density at radius 3 is 2.47 bits per heavy atom. The second-order valence-corrected chi connectivity index (χ2v) is 9.29. The van der Waals surface area contributed by atoms with Crippen LogP contribution >= 0.6 is 0 Å². The van der Waals surface area contributed by atoms with Crippen LogP contribution in [-0.2, 0) is 28.6 Å². The lowest BCUT2D eigenvalue weighted by Crippen LogP contribution is -2.82. The number of hydrogen-bond acceptors (Lipinski definition) is 9. The van der Waals surface area contributed by atoms with Crippen LogP contribution in [0.1, 0.15) is 59.8 Å². The smallest absolute Gasteiger partial charge is 0.336 e. The molecule has 3 rings (SSSR count). The Morgan fingerprint density at radius 1 is 1.23 bits per heavy atom. The van der Waals surface area contributed by atoms with Gasteiger partial charge in [-0.1, -0.05) is 13.8 Å². The van der Waals surface area contributed by atoms with Crippen molar-refractivity contribution < 1.29 is 43.9 Å². The molecule has 9 nitrogen and oxygen atoms in total. The summed E-state index contributed by atoms with van der Waals surface area (Å²) >= 11 is 0. The van der Waals surface area contributed by atoms with E-state index >= 15 is 0 Å². The van der Waals surface area contributed by atoms with Gasteiger partial charge in [0.1, 0.15) is 24.9 Å². The molecule has 1 spiro atoms. The van der Waals surface area contributed by atoms with Gasteiger partial charge in [-0.3, -0.25) is 9.59 Å². The van der Waals surface area contributed by atoms with Crippen LogP contribution in [0.5, 0.6) is 0 Å². The summed E-state index contributed by atoms with van der Waals surface area (Å²) in [5.74, 6) is -2.34. The third-order valence-electron chi connectivity index (χ3n) is 7.92. The van der Waals surface area contributed by atoms with Gasteiger partial charge >= 0.3 is 17.9 Å². The number of ether oxygens (including phenoxy) is 3. The number of aliphatic hydroxyl groups is 3. The van der Waals surface area contributed by atoms with E-state index in [1.807, 2.05) is 13.8 Å². The molecule has 0 aromatic carbocycles. The summed E-state index contributed by atoms with van der Waals surface area (Å²) in [4.78, 5) is 36.3. The lowest BCUT2D eigenvalue weighted by atomic mass is 9.43. The van der Waals surface area contributed by atoms with E-state index in [2.05, 4.69) is 0 Å². The number of aliphatic hydroxyl groups excluding tert-OH is 1. The van der Waals surface area contributed by atoms with Gasteiger partial charge in [0.25, 0.3) is 0 Å². The molecular weight excluding hydrogens is 396 g/mol. The molecule has 7 atom stereocenters. The van der Waals surface area contributed by atoms with Crippen LogP contribution in [0.25, 0.3) is 0 Å². The normalized spacial score (nSPS) is 44.8. The summed E-state index contributed by atoms with van der Waals surface area (Å²) in [6.07, 6.45) is -1.34. The zero-order valence-electron chi connectivity index (χ0n) is 18.0. The fraction of sp³-hybridized carbons (Fsp3) is 0.857. The van der Waals surface area contributed by atoms with Gasteiger partial charge in [0.15, 0.2) is 6.10 Å². The zero-order valence-corrected chi connectivity index (χ0v) is 18.0. The molecule has 9 heteroatoms. The minimum atomic E-state index is -1.90. The van der Waals surface area contributed by atoms with Gasteiger partial charge < -0.3 is 29.5 Å². The first kappa shape index (κ1) is 23.0. The highest BCUT2D eigenvalue weighted by molar-refractivity contribution is 5.78. The SMILES string of the molecule is CCCC(=O)OC[C@@]1(COC(C)=O)[C@@]2(O)CC[C@@H](C)[C@]23C[C@@H](OC(=O)[C@@H]3O)[C@]1(C)O. The predicted molar refractivity (Wildman–Crippen MR) is 102 cm³/mol. The Kier molecular flexibility index (Phi) is 5.71. The van der Waals surface area contributed by atoms with Gasteiger partial charge in [0.05, 0.1) is 11.0 Å². The monoisotopic (exact) mass is 428 g/mol. The van der Waals surface area contributed by atoms with Gasteiger partial charge in [0, 0.05) is 18.8 Å². The average Bonchev–Trinajstić information content (AvgIpc) is 2.92. The van der Waals surface area contributed by atoms with Crippen molar-refractivity contribution in [2.24, 2.45) is 16.7 Å². The van der Waals surface area contributed by atoms with Crippen molar-refractivity contribution in [1.82, 2.24) is 0 Å². The lowest BCUT2D eigenvalue weighted by molar-refractivity contribution is -0.352. The highest BCUT2D eigenvalue weighted by Crippen LogP contribution is 2.70. The molecular formula is C21H32O9. The Hall–Kier alpha value is -1.71. The molecule has 3 aliphatic rings. The van der Waals surface area contributed by atoms with Crippen LogP contribution in [0.4, 0.5) is 0 Å². The highest BCUT2D eigenvalue weighted by Gasteiger charge is 2.82. The maximum absolute atomic E-state index is 12.5. The summed E-state index contributed by atoms with van der Waals surface area (Å²) < 4.78 is 16.1. The molecule has 3 N–H and O–H groups in total. The maximum atomic E-state index is 12.5. The molecule has 30 heavy (non-hydrogen) atoms. The topological polar surface area (TPSA) is 140 Å². The van der Waals surface area contributed by atoms with Crippen LogP contribution in [0.15, 0.2) is 0 Å². The fourth-order valence-corrected chi connectivity index (χ4v) is 6.07. The minimum Gasteiger partial charge on any atom is -0.465 e. The largest absolute Gasteiger partial charge is 0.465 e. The quantitative estimate of drug-likeness (QED) is 0.407. The summed E-state index contributed by atoms with van der Waals surface area (Å²) in [7, 11) is 0. The van der Waals surface area contributed by atoms with Gasteiger partial charge in [-0.2, -0.15) is 0 Å². The first-order valence-corrected chi connectivity index (χ1v) is 10.5. The summed E-state index contributed by atoms with van der Waals surface area (Å²) in [5, 5.41) is 34.7.